The molecule has 0 aliphatic rings. The summed E-state index contributed by atoms with van der Waals surface area (Å²) in [7, 11) is 0. The van der Waals surface area contributed by atoms with Gasteiger partial charge >= 0.3 is 0 Å². The lowest BCUT2D eigenvalue weighted by molar-refractivity contribution is -0.126. The summed E-state index contributed by atoms with van der Waals surface area (Å²) < 4.78 is 0. The maximum Gasteiger partial charge on any atom is 0.245 e. The first-order valence-corrected chi connectivity index (χ1v) is 4.23. The zero-order valence-corrected chi connectivity index (χ0v) is 7.96. The molecule has 4 nitrogen and oxygen atoms in total. The number of nitrogens with two attached hydrogens (primary N) is 1. The van der Waals surface area contributed by atoms with Crippen LogP contribution in [0.1, 0.15) is 27.2 Å². The Morgan fingerprint density at radius 3 is 2.58 bits per heavy atom. The van der Waals surface area contributed by atoms with Gasteiger partial charge in [0.2, 0.25) is 5.91 Å². The first-order chi connectivity index (χ1) is 5.57. The van der Waals surface area contributed by atoms with Crippen molar-refractivity contribution < 1.29 is 9.63 Å². The normalized spacial score (nSPS) is 15.6. The Balaban J connectivity index is 3.43. The van der Waals surface area contributed by atoms with Crippen molar-refractivity contribution in [3.8, 4) is 0 Å². The number of carbonyl (C=O) groups is 1. The van der Waals surface area contributed by atoms with Crippen LogP contribution in [0.4, 0.5) is 0 Å². The van der Waals surface area contributed by atoms with Gasteiger partial charge in [-0.2, -0.15) is 5.48 Å². The molecule has 12 heavy (non-hydrogen) atoms. The Morgan fingerprint density at radius 2 is 2.17 bits per heavy atom. The molecule has 0 spiro atoms. The van der Waals surface area contributed by atoms with Crippen LogP contribution < -0.4 is 11.2 Å². The van der Waals surface area contributed by atoms with Crippen molar-refractivity contribution in [2.45, 2.75) is 33.2 Å². The third-order valence-corrected chi connectivity index (χ3v) is 1.98. The van der Waals surface area contributed by atoms with Crippen molar-refractivity contribution in [2.75, 3.05) is 6.61 Å². The van der Waals surface area contributed by atoms with Gasteiger partial charge in [0.05, 0.1) is 0 Å². The van der Waals surface area contributed by atoms with E-state index in [1.807, 2.05) is 6.92 Å². The summed E-state index contributed by atoms with van der Waals surface area (Å²) in [6.45, 7) is 6.16. The molecule has 3 N–H and O–H groups in total. The second-order valence-electron chi connectivity index (χ2n) is 3.05. The molecule has 0 aliphatic heterocycles. The Hall–Kier alpha value is -0.610. The summed E-state index contributed by atoms with van der Waals surface area (Å²) in [4.78, 5) is 15.1. The smallest absolute Gasteiger partial charge is 0.245 e. The monoisotopic (exact) mass is 174 g/mol. The summed E-state index contributed by atoms with van der Waals surface area (Å²) in [5, 5.41) is 0. The molecular weight excluding hydrogens is 156 g/mol. The van der Waals surface area contributed by atoms with Gasteiger partial charge in [-0.05, 0) is 12.8 Å². The molecule has 2 unspecified atom stereocenters. The van der Waals surface area contributed by atoms with Gasteiger partial charge in [-0.15, -0.1) is 0 Å². The van der Waals surface area contributed by atoms with E-state index >= 15 is 0 Å². The number of nitrogens with one attached hydrogen (secondary N) is 1. The number of carbonyl (C=O) groups excluding carboxylic acids is 1. The second-order valence-corrected chi connectivity index (χ2v) is 3.05. The summed E-state index contributed by atoms with van der Waals surface area (Å²) in [6.07, 6.45) is 1.08. The number of amides is 1. The topological polar surface area (TPSA) is 64.3 Å². The van der Waals surface area contributed by atoms with Crippen LogP contribution >= 0.6 is 0 Å². The predicted octanol–water partition coefficient (Wildman–Crippen LogP) is 0.428. The van der Waals surface area contributed by atoms with Crippen LogP contribution in [0.25, 0.3) is 0 Å². The zero-order chi connectivity index (χ0) is 9.56. The minimum absolute atomic E-state index is 0.0687. The zero-order valence-electron chi connectivity index (χ0n) is 7.96. The van der Waals surface area contributed by atoms with Crippen molar-refractivity contribution in [1.29, 1.82) is 0 Å². The molecule has 0 aliphatic carbocycles. The summed E-state index contributed by atoms with van der Waals surface area (Å²) in [5.41, 5.74) is 7.65. The Labute approximate surface area is 73.4 Å². The van der Waals surface area contributed by atoms with Crippen LogP contribution in [0.15, 0.2) is 0 Å². The third-order valence-electron chi connectivity index (χ3n) is 1.98. The Morgan fingerprint density at radius 1 is 1.58 bits per heavy atom. The molecule has 0 aromatic carbocycles. The number of hydroxylamine groups is 1. The SMILES string of the molecule is CCC(C)C(C)NOCC(N)=O. The summed E-state index contributed by atoms with van der Waals surface area (Å²) in [5.74, 6) is 0.0664. The number of primary amides is 1. The molecule has 2 atom stereocenters. The van der Waals surface area contributed by atoms with Gasteiger partial charge in [-0.25, -0.2) is 0 Å². The van der Waals surface area contributed by atoms with Crippen LogP contribution in [0.3, 0.4) is 0 Å². The lowest BCUT2D eigenvalue weighted by Gasteiger charge is -2.18. The van der Waals surface area contributed by atoms with Crippen LogP contribution in [-0.2, 0) is 9.63 Å². The molecule has 0 saturated heterocycles. The molecule has 0 aromatic heterocycles. The molecule has 0 heterocycles. The first kappa shape index (κ1) is 11.4. The van der Waals surface area contributed by atoms with Gasteiger partial charge in [-0.1, -0.05) is 20.3 Å². The maximum absolute atomic E-state index is 10.3. The second kappa shape index (κ2) is 5.97. The fraction of sp³-hybridized carbons (Fsp3) is 0.875. The van der Waals surface area contributed by atoms with Gasteiger partial charge in [0, 0.05) is 6.04 Å². The largest absolute Gasteiger partial charge is 0.368 e. The molecule has 4 heteroatoms. The molecule has 72 valence electrons. The average molecular weight is 174 g/mol. The van der Waals surface area contributed by atoms with E-state index in [-0.39, 0.29) is 12.6 Å². The Kier molecular flexibility index (Phi) is 5.66. The highest BCUT2D eigenvalue weighted by molar-refractivity contribution is 5.74. The molecule has 0 saturated carbocycles. The highest BCUT2D eigenvalue weighted by atomic mass is 16.6. The number of hydrogen-bond acceptors (Lipinski definition) is 3. The van der Waals surface area contributed by atoms with E-state index in [1.165, 1.54) is 0 Å². The fourth-order valence-electron chi connectivity index (χ4n) is 0.714. The summed E-state index contributed by atoms with van der Waals surface area (Å²) in [6, 6.07) is 0.245. The van der Waals surface area contributed by atoms with Crippen molar-refractivity contribution in [1.82, 2.24) is 5.48 Å². The molecule has 0 fully saturated rings. The van der Waals surface area contributed by atoms with Crippen molar-refractivity contribution in [3.05, 3.63) is 0 Å². The van der Waals surface area contributed by atoms with E-state index in [0.29, 0.717) is 5.92 Å². The van der Waals surface area contributed by atoms with Gasteiger partial charge in [0.15, 0.2) is 0 Å². The number of rotatable bonds is 6. The predicted molar refractivity (Wildman–Crippen MR) is 47.2 cm³/mol. The molecule has 1 amide bonds. The van der Waals surface area contributed by atoms with E-state index < -0.39 is 5.91 Å². The van der Waals surface area contributed by atoms with Crippen LogP contribution in [0, 0.1) is 5.92 Å². The average Bonchev–Trinajstić information content (AvgIpc) is 2.02. The third kappa shape index (κ3) is 5.09. The minimum Gasteiger partial charge on any atom is -0.368 e. The van der Waals surface area contributed by atoms with Crippen LogP contribution in [0.5, 0.6) is 0 Å². The quantitative estimate of drug-likeness (QED) is 0.574. The van der Waals surface area contributed by atoms with Crippen LogP contribution in [-0.4, -0.2) is 18.6 Å². The summed E-state index contributed by atoms with van der Waals surface area (Å²) >= 11 is 0. The van der Waals surface area contributed by atoms with E-state index in [0.717, 1.165) is 6.42 Å². The molecule has 0 rings (SSSR count). The minimum atomic E-state index is -0.459. The molecule has 0 radical (unpaired) electrons. The fourth-order valence-corrected chi connectivity index (χ4v) is 0.714. The lowest BCUT2D eigenvalue weighted by atomic mass is 10.0. The van der Waals surface area contributed by atoms with Gasteiger partial charge in [0.1, 0.15) is 6.61 Å². The highest BCUT2D eigenvalue weighted by Crippen LogP contribution is 2.05. The van der Waals surface area contributed by atoms with Crippen molar-refractivity contribution in [3.63, 3.8) is 0 Å². The maximum atomic E-state index is 10.3. The van der Waals surface area contributed by atoms with Gasteiger partial charge in [0.25, 0.3) is 0 Å². The lowest BCUT2D eigenvalue weighted by Crippen LogP contribution is -2.34. The van der Waals surface area contributed by atoms with Gasteiger partial charge in [-0.3, -0.25) is 9.63 Å². The van der Waals surface area contributed by atoms with Crippen molar-refractivity contribution >= 4 is 5.91 Å². The first-order valence-electron chi connectivity index (χ1n) is 4.23. The van der Waals surface area contributed by atoms with E-state index in [1.54, 1.807) is 0 Å². The molecule has 0 bridgehead atoms. The highest BCUT2D eigenvalue weighted by Gasteiger charge is 2.09. The van der Waals surface area contributed by atoms with E-state index in [4.69, 9.17) is 10.6 Å². The molecular formula is C8H18N2O2. The van der Waals surface area contributed by atoms with Gasteiger partial charge < -0.3 is 5.73 Å². The van der Waals surface area contributed by atoms with Crippen molar-refractivity contribution in [2.24, 2.45) is 11.7 Å². The Bertz CT molecular complexity index is 139. The van der Waals surface area contributed by atoms with Crippen LogP contribution in [0.2, 0.25) is 0 Å². The standard InChI is InChI=1S/C8H18N2O2/c1-4-6(2)7(3)10-12-5-8(9)11/h6-7,10H,4-5H2,1-3H3,(H2,9,11). The molecule has 0 aromatic rings. The van der Waals surface area contributed by atoms with E-state index in [2.05, 4.69) is 19.3 Å². The number of hydrogen-bond donors (Lipinski definition) is 2. The van der Waals surface area contributed by atoms with E-state index in [9.17, 15) is 4.79 Å².